The molecule has 0 aliphatic heterocycles. The number of ether oxygens (including phenoxy) is 1. The van der Waals surface area contributed by atoms with Gasteiger partial charge in [-0.1, -0.05) is 0 Å². The molecule has 0 heterocycles. The molecule has 0 amide bonds. The van der Waals surface area contributed by atoms with Gasteiger partial charge in [-0.3, -0.25) is 4.79 Å². The molecule has 6 nitrogen and oxygen atoms in total. The zero-order valence-corrected chi connectivity index (χ0v) is 11.9. The van der Waals surface area contributed by atoms with Crippen LogP contribution in [-0.2, 0) is 19.6 Å². The van der Waals surface area contributed by atoms with Crippen molar-refractivity contribution in [3.8, 4) is 6.07 Å². The summed E-state index contributed by atoms with van der Waals surface area (Å²) in [5.41, 5.74) is 0. The summed E-state index contributed by atoms with van der Waals surface area (Å²) < 4.78 is 29.8. The lowest BCUT2D eigenvalue weighted by molar-refractivity contribution is -0.140. The average molecular weight is 276 g/mol. The number of carbonyl (C=O) groups is 1. The van der Waals surface area contributed by atoms with Gasteiger partial charge in [-0.25, -0.2) is 8.42 Å². The highest BCUT2D eigenvalue weighted by Gasteiger charge is 2.24. The van der Waals surface area contributed by atoms with Crippen molar-refractivity contribution in [3.05, 3.63) is 0 Å². The van der Waals surface area contributed by atoms with E-state index in [-0.39, 0.29) is 37.6 Å². The molecule has 0 aliphatic carbocycles. The highest BCUT2D eigenvalue weighted by atomic mass is 32.2. The molecule has 0 radical (unpaired) electrons. The first kappa shape index (κ1) is 16.9. The molecule has 0 aliphatic rings. The van der Waals surface area contributed by atoms with Crippen molar-refractivity contribution in [1.29, 1.82) is 5.26 Å². The number of nitriles is 1. The highest BCUT2D eigenvalue weighted by molar-refractivity contribution is 7.89. The molecule has 0 bridgehead atoms. The first-order valence-electron chi connectivity index (χ1n) is 5.78. The molecule has 0 rings (SSSR count). The van der Waals surface area contributed by atoms with Crippen LogP contribution in [0.5, 0.6) is 0 Å². The van der Waals surface area contributed by atoms with Crippen LogP contribution >= 0.6 is 0 Å². The van der Waals surface area contributed by atoms with Crippen molar-refractivity contribution < 1.29 is 17.9 Å². The van der Waals surface area contributed by atoms with Crippen molar-refractivity contribution in [3.63, 3.8) is 0 Å². The van der Waals surface area contributed by atoms with E-state index in [4.69, 9.17) is 5.26 Å². The topological polar surface area (TPSA) is 87.5 Å². The first-order chi connectivity index (χ1) is 8.35. The number of carbonyl (C=O) groups excluding carboxylic acids is 1. The zero-order valence-electron chi connectivity index (χ0n) is 11.0. The predicted octanol–water partition coefficient (Wildman–Crippen LogP) is 0.893. The number of sulfonamides is 1. The van der Waals surface area contributed by atoms with E-state index >= 15 is 0 Å². The number of hydrogen-bond donors (Lipinski definition) is 0. The second-order valence-corrected chi connectivity index (χ2v) is 6.15. The maximum absolute atomic E-state index is 12.0. The Kier molecular flexibility index (Phi) is 7.55. The number of rotatable bonds is 8. The molecule has 0 saturated carbocycles. The lowest BCUT2D eigenvalue weighted by atomic mass is 10.3. The predicted molar refractivity (Wildman–Crippen MR) is 67.1 cm³/mol. The summed E-state index contributed by atoms with van der Waals surface area (Å²) in [6.07, 6.45) is 0.471. The van der Waals surface area contributed by atoms with Crippen LogP contribution in [0.2, 0.25) is 0 Å². The summed E-state index contributed by atoms with van der Waals surface area (Å²) in [6, 6.07) is 1.74. The molecule has 18 heavy (non-hydrogen) atoms. The minimum atomic E-state index is -3.42. The van der Waals surface area contributed by atoms with Gasteiger partial charge in [-0.2, -0.15) is 9.57 Å². The summed E-state index contributed by atoms with van der Waals surface area (Å²) in [5, 5.41) is 8.51. The fraction of sp³-hybridized carbons (Fsp3) is 0.818. The van der Waals surface area contributed by atoms with Crippen LogP contribution in [0.4, 0.5) is 0 Å². The molecule has 0 unspecified atom stereocenters. The highest BCUT2D eigenvalue weighted by Crippen LogP contribution is 2.10. The molecule has 0 atom stereocenters. The third-order valence-electron chi connectivity index (χ3n) is 2.39. The van der Waals surface area contributed by atoms with E-state index in [1.54, 1.807) is 13.8 Å². The van der Waals surface area contributed by atoms with Crippen molar-refractivity contribution >= 4 is 16.0 Å². The molecule has 104 valence electrons. The number of hydrogen-bond acceptors (Lipinski definition) is 5. The molecule has 0 fully saturated rings. The molecule has 0 spiro atoms. The van der Waals surface area contributed by atoms with E-state index in [9.17, 15) is 13.2 Å². The lowest BCUT2D eigenvalue weighted by Gasteiger charge is -2.24. The summed E-state index contributed by atoms with van der Waals surface area (Å²) >= 11 is 0. The quantitative estimate of drug-likeness (QED) is 0.614. The van der Waals surface area contributed by atoms with E-state index in [1.165, 1.54) is 11.4 Å². The fourth-order valence-electron chi connectivity index (χ4n) is 1.50. The van der Waals surface area contributed by atoms with E-state index < -0.39 is 16.0 Å². The Labute approximate surface area is 109 Å². The minimum Gasteiger partial charge on any atom is -0.469 e. The standard InChI is InChI=1S/C11H20N2O4S/c1-10(2)13(8-5-7-12)18(15,16)9-4-6-11(14)17-3/h10H,4-6,8-9H2,1-3H3. The van der Waals surface area contributed by atoms with Gasteiger partial charge in [0.05, 0.1) is 18.9 Å². The summed E-state index contributed by atoms with van der Waals surface area (Å²) in [4.78, 5) is 10.9. The Balaban J connectivity index is 4.47. The minimum absolute atomic E-state index is 0.0832. The van der Waals surface area contributed by atoms with Crippen LogP contribution in [0, 0.1) is 11.3 Å². The zero-order chi connectivity index (χ0) is 14.2. The number of nitrogens with zero attached hydrogens (tertiary/aromatic N) is 2. The maximum atomic E-state index is 12.0. The molecular weight excluding hydrogens is 256 g/mol. The third kappa shape index (κ3) is 5.98. The van der Waals surface area contributed by atoms with Crippen LogP contribution < -0.4 is 0 Å². The molecule has 0 saturated heterocycles. The largest absolute Gasteiger partial charge is 0.469 e. The molecule has 0 aromatic carbocycles. The van der Waals surface area contributed by atoms with Crippen LogP contribution in [0.15, 0.2) is 0 Å². The third-order valence-corrected chi connectivity index (χ3v) is 4.51. The second kappa shape index (κ2) is 8.06. The van der Waals surface area contributed by atoms with E-state index in [1.807, 2.05) is 6.07 Å². The Hall–Kier alpha value is -1.13. The van der Waals surface area contributed by atoms with Gasteiger partial charge in [0.25, 0.3) is 0 Å². The molecule has 0 N–H and O–H groups in total. The van der Waals surface area contributed by atoms with Gasteiger partial charge in [0.2, 0.25) is 10.0 Å². The van der Waals surface area contributed by atoms with Crippen molar-refractivity contribution in [2.75, 3.05) is 19.4 Å². The normalized spacial score (nSPS) is 11.6. The van der Waals surface area contributed by atoms with Gasteiger partial charge in [0.15, 0.2) is 0 Å². The fourth-order valence-corrected chi connectivity index (χ4v) is 3.25. The molecule has 0 aromatic rings. The Bertz CT molecular complexity index is 398. The molecule has 7 heteroatoms. The van der Waals surface area contributed by atoms with Gasteiger partial charge in [-0.05, 0) is 20.3 Å². The van der Waals surface area contributed by atoms with Crippen LogP contribution in [0.25, 0.3) is 0 Å². The first-order valence-corrected chi connectivity index (χ1v) is 7.39. The number of methoxy groups -OCH3 is 1. The maximum Gasteiger partial charge on any atom is 0.305 e. The summed E-state index contributed by atoms with van der Waals surface area (Å²) in [5.74, 6) is -0.524. The Morgan fingerprint density at radius 3 is 2.50 bits per heavy atom. The summed E-state index contributed by atoms with van der Waals surface area (Å²) in [7, 11) is -2.16. The molecular formula is C11H20N2O4S. The van der Waals surface area contributed by atoms with E-state index in [2.05, 4.69) is 4.74 Å². The van der Waals surface area contributed by atoms with Crippen LogP contribution in [0.3, 0.4) is 0 Å². The SMILES string of the molecule is COC(=O)CCCS(=O)(=O)N(CCC#N)C(C)C. The van der Waals surface area contributed by atoms with E-state index in [0.717, 1.165) is 0 Å². The van der Waals surface area contributed by atoms with Crippen LogP contribution in [0.1, 0.15) is 33.1 Å². The van der Waals surface area contributed by atoms with Crippen molar-refractivity contribution in [2.24, 2.45) is 0 Å². The monoisotopic (exact) mass is 276 g/mol. The van der Waals surface area contributed by atoms with Crippen molar-refractivity contribution in [2.45, 2.75) is 39.2 Å². The Morgan fingerprint density at radius 1 is 1.44 bits per heavy atom. The van der Waals surface area contributed by atoms with Gasteiger partial charge < -0.3 is 4.74 Å². The van der Waals surface area contributed by atoms with Crippen LogP contribution in [-0.4, -0.2) is 44.1 Å². The molecule has 0 aromatic heterocycles. The number of esters is 1. The van der Waals surface area contributed by atoms with Gasteiger partial charge in [0.1, 0.15) is 0 Å². The average Bonchev–Trinajstić information content (AvgIpc) is 2.28. The van der Waals surface area contributed by atoms with Gasteiger partial charge >= 0.3 is 5.97 Å². The lowest BCUT2D eigenvalue weighted by Crippen LogP contribution is -2.39. The Morgan fingerprint density at radius 2 is 2.06 bits per heavy atom. The van der Waals surface area contributed by atoms with Crippen molar-refractivity contribution in [1.82, 2.24) is 4.31 Å². The smallest absolute Gasteiger partial charge is 0.305 e. The van der Waals surface area contributed by atoms with Gasteiger partial charge in [0, 0.05) is 25.4 Å². The second-order valence-electron chi connectivity index (χ2n) is 4.11. The summed E-state index contributed by atoms with van der Waals surface area (Å²) in [6.45, 7) is 3.71. The van der Waals surface area contributed by atoms with E-state index in [0.29, 0.717) is 0 Å². The van der Waals surface area contributed by atoms with Gasteiger partial charge in [-0.15, -0.1) is 0 Å².